The topological polar surface area (TPSA) is 72.4 Å². The zero-order chi connectivity index (χ0) is 21.8. The molecule has 7 heteroatoms. The monoisotopic (exact) mass is 427 g/mol. The summed E-state index contributed by atoms with van der Waals surface area (Å²) in [7, 11) is 1.63. The van der Waals surface area contributed by atoms with Crippen molar-refractivity contribution in [3.05, 3.63) is 67.3 Å². The Morgan fingerprint density at radius 3 is 2.66 bits per heavy atom. The second-order valence-corrected chi connectivity index (χ2v) is 7.75. The van der Waals surface area contributed by atoms with E-state index >= 15 is 0 Å². The van der Waals surface area contributed by atoms with Gasteiger partial charge in [-0.3, -0.25) is 4.98 Å². The van der Waals surface area contributed by atoms with Crippen LogP contribution in [0.4, 0.5) is 17.2 Å². The maximum atomic E-state index is 5.91. The lowest BCUT2D eigenvalue weighted by Gasteiger charge is -2.29. The third-order valence-corrected chi connectivity index (χ3v) is 5.63. The van der Waals surface area contributed by atoms with Gasteiger partial charge >= 0.3 is 0 Å². The summed E-state index contributed by atoms with van der Waals surface area (Å²) in [6, 6.07) is 15.8. The number of fused-ring (bicyclic) bond motifs is 1. The van der Waals surface area contributed by atoms with Gasteiger partial charge in [0, 0.05) is 42.1 Å². The number of methoxy groups -OCH3 is 1. The van der Waals surface area contributed by atoms with Gasteiger partial charge < -0.3 is 19.7 Å². The van der Waals surface area contributed by atoms with E-state index < -0.39 is 0 Å². The van der Waals surface area contributed by atoms with E-state index in [-0.39, 0.29) is 0 Å². The molecule has 4 aromatic rings. The fourth-order valence-electron chi connectivity index (χ4n) is 3.99. The summed E-state index contributed by atoms with van der Waals surface area (Å²) < 4.78 is 11.5. The van der Waals surface area contributed by atoms with Gasteiger partial charge in [-0.2, -0.15) is 0 Å². The van der Waals surface area contributed by atoms with E-state index in [1.165, 1.54) is 24.9 Å². The summed E-state index contributed by atoms with van der Waals surface area (Å²) >= 11 is 0. The molecule has 0 atom stereocenters. The van der Waals surface area contributed by atoms with E-state index in [1.54, 1.807) is 25.8 Å². The summed E-state index contributed by atoms with van der Waals surface area (Å²) in [6.07, 6.45) is 8.74. The first-order valence-electron chi connectivity index (χ1n) is 10.8. The Bertz CT molecular complexity index is 1210. The fraction of sp³-hybridized carbons (Fsp3) is 0.240. The molecule has 2 aromatic carbocycles. The van der Waals surface area contributed by atoms with Gasteiger partial charge in [-0.15, -0.1) is 0 Å². The van der Waals surface area contributed by atoms with E-state index in [0.29, 0.717) is 17.2 Å². The highest BCUT2D eigenvalue weighted by molar-refractivity contribution is 5.93. The minimum atomic E-state index is 0.617. The van der Waals surface area contributed by atoms with Crippen LogP contribution in [0.2, 0.25) is 0 Å². The maximum Gasteiger partial charge on any atom is 0.169 e. The molecule has 32 heavy (non-hydrogen) atoms. The Balaban J connectivity index is 1.43. The first-order chi connectivity index (χ1) is 15.8. The minimum absolute atomic E-state index is 0.617. The number of anilines is 3. The molecule has 0 aliphatic carbocycles. The van der Waals surface area contributed by atoms with Crippen LogP contribution in [0, 0.1) is 0 Å². The molecule has 1 fully saturated rings. The summed E-state index contributed by atoms with van der Waals surface area (Å²) in [5, 5.41) is 4.42. The molecular formula is C25H25N5O2. The number of aromatic nitrogens is 3. The maximum absolute atomic E-state index is 5.91. The summed E-state index contributed by atoms with van der Waals surface area (Å²) in [4.78, 5) is 15.5. The van der Waals surface area contributed by atoms with Crippen molar-refractivity contribution in [2.24, 2.45) is 0 Å². The van der Waals surface area contributed by atoms with E-state index in [1.807, 2.05) is 30.3 Å². The van der Waals surface area contributed by atoms with Crippen LogP contribution in [-0.2, 0) is 0 Å². The van der Waals surface area contributed by atoms with E-state index in [9.17, 15) is 0 Å². The molecule has 0 saturated carbocycles. The number of nitrogens with one attached hydrogen (secondary N) is 1. The smallest absolute Gasteiger partial charge is 0.169 e. The molecule has 162 valence electrons. The number of hydrogen-bond donors (Lipinski definition) is 1. The molecule has 1 aliphatic rings. The first-order valence-corrected chi connectivity index (χ1v) is 10.8. The van der Waals surface area contributed by atoms with Crippen molar-refractivity contribution in [3.63, 3.8) is 0 Å². The van der Waals surface area contributed by atoms with Gasteiger partial charge in [-0.1, -0.05) is 0 Å². The Kier molecular flexibility index (Phi) is 5.70. The highest BCUT2D eigenvalue weighted by Gasteiger charge is 2.14. The van der Waals surface area contributed by atoms with Gasteiger partial charge in [-0.25, -0.2) is 9.97 Å². The Morgan fingerprint density at radius 1 is 0.938 bits per heavy atom. The summed E-state index contributed by atoms with van der Waals surface area (Å²) in [5.41, 5.74) is 2.98. The van der Waals surface area contributed by atoms with Crippen molar-refractivity contribution in [2.75, 3.05) is 30.4 Å². The molecule has 0 unspecified atom stereocenters. The standard InChI is InChI=1S/C25H25N5O2/c1-31-24-14-18(7-10-23(24)32-20-6-5-11-26-16-20)29-25-21-15-19(30-12-3-2-4-13-30)8-9-22(21)27-17-28-25/h5-11,14-17H,2-4,12-13H2,1H3,(H,27,28,29). The number of benzene rings is 2. The average molecular weight is 428 g/mol. The highest BCUT2D eigenvalue weighted by atomic mass is 16.5. The van der Waals surface area contributed by atoms with Crippen LogP contribution in [0.1, 0.15) is 19.3 Å². The quantitative estimate of drug-likeness (QED) is 0.432. The molecule has 1 N–H and O–H groups in total. The Labute approximate surface area is 187 Å². The molecule has 0 bridgehead atoms. The molecule has 1 saturated heterocycles. The average Bonchev–Trinajstić information content (AvgIpc) is 2.86. The van der Waals surface area contributed by atoms with Crippen molar-refractivity contribution >= 4 is 28.1 Å². The normalized spacial score (nSPS) is 13.7. The predicted molar refractivity (Wildman–Crippen MR) is 126 cm³/mol. The van der Waals surface area contributed by atoms with Gasteiger partial charge in [0.15, 0.2) is 11.5 Å². The molecule has 0 amide bonds. The van der Waals surface area contributed by atoms with Crippen LogP contribution in [-0.4, -0.2) is 35.2 Å². The van der Waals surface area contributed by atoms with Gasteiger partial charge in [0.1, 0.15) is 17.9 Å². The number of nitrogens with zero attached hydrogens (tertiary/aromatic N) is 4. The highest BCUT2D eigenvalue weighted by Crippen LogP contribution is 2.35. The third kappa shape index (κ3) is 4.27. The predicted octanol–water partition coefficient (Wildman–Crippen LogP) is 5.56. The van der Waals surface area contributed by atoms with E-state index in [4.69, 9.17) is 9.47 Å². The Hall–Kier alpha value is -3.87. The molecule has 2 aromatic heterocycles. The molecule has 7 nitrogen and oxygen atoms in total. The van der Waals surface area contributed by atoms with Gasteiger partial charge in [-0.05, 0) is 61.7 Å². The lowest BCUT2D eigenvalue weighted by molar-refractivity contribution is 0.378. The summed E-state index contributed by atoms with van der Waals surface area (Å²) in [5.74, 6) is 2.65. The number of pyridine rings is 1. The van der Waals surface area contributed by atoms with Crippen molar-refractivity contribution in [1.82, 2.24) is 15.0 Å². The second kappa shape index (κ2) is 9.09. The first kappa shape index (κ1) is 20.1. The van der Waals surface area contributed by atoms with Crippen molar-refractivity contribution in [2.45, 2.75) is 19.3 Å². The van der Waals surface area contributed by atoms with E-state index in [0.717, 1.165) is 35.5 Å². The van der Waals surface area contributed by atoms with Gasteiger partial charge in [0.05, 0.1) is 18.8 Å². The van der Waals surface area contributed by atoms with Crippen molar-refractivity contribution in [3.8, 4) is 17.2 Å². The lowest BCUT2D eigenvalue weighted by atomic mass is 10.1. The molecular weight excluding hydrogens is 402 g/mol. The van der Waals surface area contributed by atoms with Crippen LogP contribution < -0.4 is 19.7 Å². The molecule has 0 radical (unpaired) electrons. The third-order valence-electron chi connectivity index (χ3n) is 5.63. The fourth-order valence-corrected chi connectivity index (χ4v) is 3.99. The van der Waals surface area contributed by atoms with Crippen LogP contribution >= 0.6 is 0 Å². The second-order valence-electron chi connectivity index (χ2n) is 7.75. The van der Waals surface area contributed by atoms with Crippen molar-refractivity contribution < 1.29 is 9.47 Å². The number of piperidine rings is 1. The van der Waals surface area contributed by atoms with Crippen LogP contribution in [0.15, 0.2) is 67.3 Å². The largest absolute Gasteiger partial charge is 0.493 e. The summed E-state index contributed by atoms with van der Waals surface area (Å²) in [6.45, 7) is 2.19. The minimum Gasteiger partial charge on any atom is -0.493 e. The van der Waals surface area contributed by atoms with E-state index in [2.05, 4.69) is 43.4 Å². The molecule has 0 spiro atoms. The van der Waals surface area contributed by atoms with Crippen LogP contribution in [0.5, 0.6) is 17.2 Å². The van der Waals surface area contributed by atoms with Gasteiger partial charge in [0.2, 0.25) is 0 Å². The molecule has 5 rings (SSSR count). The van der Waals surface area contributed by atoms with Crippen LogP contribution in [0.3, 0.4) is 0 Å². The van der Waals surface area contributed by atoms with Gasteiger partial charge in [0.25, 0.3) is 0 Å². The number of rotatable bonds is 6. The van der Waals surface area contributed by atoms with Crippen molar-refractivity contribution in [1.29, 1.82) is 0 Å². The SMILES string of the molecule is COc1cc(Nc2ncnc3ccc(N4CCCCC4)cc23)ccc1Oc1cccnc1. The Morgan fingerprint density at radius 2 is 1.84 bits per heavy atom. The zero-order valence-corrected chi connectivity index (χ0v) is 18.0. The molecule has 1 aliphatic heterocycles. The van der Waals surface area contributed by atoms with Crippen LogP contribution in [0.25, 0.3) is 10.9 Å². The lowest BCUT2D eigenvalue weighted by Crippen LogP contribution is -2.29. The zero-order valence-electron chi connectivity index (χ0n) is 18.0. The number of hydrogen-bond acceptors (Lipinski definition) is 7. The number of ether oxygens (including phenoxy) is 2. The molecule has 3 heterocycles.